The third-order valence-electron chi connectivity index (χ3n) is 1.97. The van der Waals surface area contributed by atoms with Crippen LogP contribution in [0.5, 0.6) is 0 Å². The molecule has 1 atom stereocenters. The maximum absolute atomic E-state index is 11.2. The number of ether oxygens (including phenoxy) is 1. The maximum Gasteiger partial charge on any atom is 0.409 e. The van der Waals surface area contributed by atoms with Crippen LogP contribution >= 0.6 is 0 Å². The van der Waals surface area contributed by atoms with Crippen molar-refractivity contribution in [1.29, 1.82) is 0 Å². The van der Waals surface area contributed by atoms with E-state index in [4.69, 9.17) is 14.9 Å². The maximum atomic E-state index is 11.2. The highest BCUT2D eigenvalue weighted by Gasteiger charge is 2.19. The van der Waals surface area contributed by atoms with E-state index in [0.717, 1.165) is 25.9 Å². The summed E-state index contributed by atoms with van der Waals surface area (Å²) in [7, 11) is 0. The predicted molar refractivity (Wildman–Crippen MR) is 45.2 cm³/mol. The number of carbonyl (C=O) groups excluding carboxylic acids is 1. The molecule has 1 unspecified atom stereocenters. The Morgan fingerprint density at radius 3 is 2.62 bits per heavy atom. The highest BCUT2D eigenvalue weighted by molar-refractivity contribution is 5.67. The molecule has 2 N–H and O–H groups in total. The zero-order chi connectivity index (χ0) is 9.68. The fraction of sp³-hybridized carbons (Fsp3) is 0.875. The van der Waals surface area contributed by atoms with Crippen LogP contribution in [0, 0.1) is 0 Å². The van der Waals surface area contributed by atoms with Crippen molar-refractivity contribution in [3.8, 4) is 0 Å². The minimum absolute atomic E-state index is 0.133. The molecule has 0 aliphatic carbocycles. The largest absolute Gasteiger partial charge is 0.447 e. The second-order valence-electron chi connectivity index (χ2n) is 3.11. The zero-order valence-electron chi connectivity index (χ0n) is 7.48. The van der Waals surface area contributed by atoms with Crippen molar-refractivity contribution in [2.24, 2.45) is 0 Å². The average molecular weight is 189 g/mol. The van der Waals surface area contributed by atoms with Gasteiger partial charge in [0.1, 0.15) is 12.7 Å². The quantitative estimate of drug-likeness (QED) is 0.632. The molecule has 0 radical (unpaired) electrons. The van der Waals surface area contributed by atoms with E-state index in [0.29, 0.717) is 0 Å². The van der Waals surface area contributed by atoms with Crippen molar-refractivity contribution < 1.29 is 19.7 Å². The van der Waals surface area contributed by atoms with Gasteiger partial charge in [-0.1, -0.05) is 0 Å². The molecule has 1 fully saturated rings. The third-order valence-corrected chi connectivity index (χ3v) is 1.97. The number of aliphatic hydroxyl groups excluding tert-OH is 2. The SMILES string of the molecule is O=C(OCC(O)CO)N1CCCC1. The van der Waals surface area contributed by atoms with Gasteiger partial charge in [-0.25, -0.2) is 4.79 Å². The van der Waals surface area contributed by atoms with Crippen LogP contribution in [-0.4, -0.2) is 53.6 Å². The fourth-order valence-electron chi connectivity index (χ4n) is 1.21. The molecule has 5 heteroatoms. The lowest BCUT2D eigenvalue weighted by molar-refractivity contribution is 0.0222. The third kappa shape index (κ3) is 3.20. The number of aliphatic hydroxyl groups is 2. The molecule has 13 heavy (non-hydrogen) atoms. The Morgan fingerprint density at radius 2 is 2.08 bits per heavy atom. The summed E-state index contributed by atoms with van der Waals surface area (Å²) >= 11 is 0. The molecule has 1 aliphatic rings. The summed E-state index contributed by atoms with van der Waals surface area (Å²) in [5.41, 5.74) is 0. The van der Waals surface area contributed by atoms with E-state index in [1.807, 2.05) is 0 Å². The molecule has 0 saturated carbocycles. The van der Waals surface area contributed by atoms with Gasteiger partial charge in [0, 0.05) is 13.1 Å². The topological polar surface area (TPSA) is 70.0 Å². The molecule has 0 aromatic carbocycles. The van der Waals surface area contributed by atoms with Crippen LogP contribution in [0.15, 0.2) is 0 Å². The van der Waals surface area contributed by atoms with Crippen molar-refractivity contribution in [3.63, 3.8) is 0 Å². The van der Waals surface area contributed by atoms with Gasteiger partial charge in [-0.2, -0.15) is 0 Å². The van der Waals surface area contributed by atoms with E-state index in [1.165, 1.54) is 0 Å². The molecule has 1 amide bonds. The van der Waals surface area contributed by atoms with E-state index >= 15 is 0 Å². The van der Waals surface area contributed by atoms with Crippen LogP contribution in [0.1, 0.15) is 12.8 Å². The Bertz CT molecular complexity index is 168. The fourth-order valence-corrected chi connectivity index (χ4v) is 1.21. The second kappa shape index (κ2) is 5.04. The van der Waals surface area contributed by atoms with Gasteiger partial charge in [0.05, 0.1) is 6.61 Å². The number of hydrogen-bond donors (Lipinski definition) is 2. The van der Waals surface area contributed by atoms with Crippen molar-refractivity contribution in [2.45, 2.75) is 18.9 Å². The normalized spacial score (nSPS) is 18.8. The number of rotatable bonds is 3. The molecule has 5 nitrogen and oxygen atoms in total. The standard InChI is InChI=1S/C8H15NO4/c10-5-7(11)6-13-8(12)9-3-1-2-4-9/h7,10-11H,1-6H2. The smallest absolute Gasteiger partial charge is 0.409 e. The molecule has 0 bridgehead atoms. The second-order valence-corrected chi connectivity index (χ2v) is 3.11. The Hall–Kier alpha value is -0.810. The molecule has 1 aliphatic heterocycles. The van der Waals surface area contributed by atoms with E-state index in [2.05, 4.69) is 0 Å². The van der Waals surface area contributed by atoms with Gasteiger partial charge in [0.2, 0.25) is 0 Å². The predicted octanol–water partition coefficient (Wildman–Crippen LogP) is -0.428. The molecule has 1 saturated heterocycles. The molecular weight excluding hydrogens is 174 g/mol. The lowest BCUT2D eigenvalue weighted by Gasteiger charge is -2.16. The zero-order valence-corrected chi connectivity index (χ0v) is 7.48. The van der Waals surface area contributed by atoms with Gasteiger partial charge in [-0.15, -0.1) is 0 Å². The first-order valence-corrected chi connectivity index (χ1v) is 4.44. The van der Waals surface area contributed by atoms with Crippen LogP contribution in [-0.2, 0) is 4.74 Å². The number of nitrogens with zero attached hydrogens (tertiary/aromatic N) is 1. The van der Waals surface area contributed by atoms with E-state index in [-0.39, 0.29) is 13.2 Å². The Morgan fingerprint density at radius 1 is 1.46 bits per heavy atom. The summed E-state index contributed by atoms with van der Waals surface area (Å²) in [5.74, 6) is 0. The lowest BCUT2D eigenvalue weighted by Crippen LogP contribution is -2.31. The number of carbonyl (C=O) groups is 1. The Kier molecular flexibility index (Phi) is 3.98. The minimum Gasteiger partial charge on any atom is -0.447 e. The van der Waals surface area contributed by atoms with E-state index in [9.17, 15) is 4.79 Å². The van der Waals surface area contributed by atoms with Crippen molar-refractivity contribution in [2.75, 3.05) is 26.3 Å². The summed E-state index contributed by atoms with van der Waals surface area (Å²) < 4.78 is 4.76. The molecule has 0 aromatic rings. The number of likely N-dealkylation sites (tertiary alicyclic amines) is 1. The Labute approximate surface area is 76.9 Å². The summed E-state index contributed by atoms with van der Waals surface area (Å²) in [6.07, 6.45) is 0.659. The van der Waals surface area contributed by atoms with Gasteiger partial charge in [-0.3, -0.25) is 0 Å². The first-order valence-electron chi connectivity index (χ1n) is 4.44. The van der Waals surface area contributed by atoms with Crippen molar-refractivity contribution in [1.82, 2.24) is 4.90 Å². The molecule has 0 spiro atoms. The van der Waals surface area contributed by atoms with Gasteiger partial charge < -0.3 is 19.8 Å². The lowest BCUT2D eigenvalue weighted by atomic mass is 10.4. The number of hydrogen-bond acceptors (Lipinski definition) is 4. The van der Waals surface area contributed by atoms with Crippen LogP contribution < -0.4 is 0 Å². The van der Waals surface area contributed by atoms with Crippen LogP contribution in [0.3, 0.4) is 0 Å². The molecular formula is C8H15NO4. The highest BCUT2D eigenvalue weighted by Crippen LogP contribution is 2.08. The molecule has 76 valence electrons. The van der Waals surface area contributed by atoms with Gasteiger partial charge in [0.25, 0.3) is 0 Å². The van der Waals surface area contributed by atoms with E-state index in [1.54, 1.807) is 4.90 Å². The monoisotopic (exact) mass is 189 g/mol. The molecule has 1 heterocycles. The first kappa shape index (κ1) is 10.3. The highest BCUT2D eigenvalue weighted by atomic mass is 16.6. The van der Waals surface area contributed by atoms with Gasteiger partial charge in [-0.05, 0) is 12.8 Å². The average Bonchev–Trinajstić information content (AvgIpc) is 2.66. The molecule has 0 aromatic heterocycles. The van der Waals surface area contributed by atoms with Gasteiger partial charge in [0.15, 0.2) is 0 Å². The summed E-state index contributed by atoms with van der Waals surface area (Å²) in [6.45, 7) is 0.946. The van der Waals surface area contributed by atoms with Gasteiger partial charge >= 0.3 is 6.09 Å². The van der Waals surface area contributed by atoms with E-state index < -0.39 is 12.2 Å². The van der Waals surface area contributed by atoms with Crippen molar-refractivity contribution >= 4 is 6.09 Å². The van der Waals surface area contributed by atoms with Crippen molar-refractivity contribution in [3.05, 3.63) is 0 Å². The van der Waals surface area contributed by atoms with Crippen LogP contribution in [0.4, 0.5) is 4.79 Å². The summed E-state index contributed by atoms with van der Waals surface area (Å²) in [5, 5.41) is 17.4. The summed E-state index contributed by atoms with van der Waals surface area (Å²) in [4.78, 5) is 12.8. The first-order chi connectivity index (χ1) is 6.24. The van der Waals surface area contributed by atoms with Crippen LogP contribution in [0.2, 0.25) is 0 Å². The van der Waals surface area contributed by atoms with Crippen LogP contribution in [0.25, 0.3) is 0 Å². The Balaban J connectivity index is 2.16. The molecule has 1 rings (SSSR count). The number of amides is 1. The minimum atomic E-state index is -0.966. The summed E-state index contributed by atoms with van der Waals surface area (Å²) in [6, 6.07) is 0.